The zero-order chi connectivity index (χ0) is 36.0. The lowest BCUT2D eigenvalue weighted by Gasteiger charge is -2.32. The number of benzene rings is 1. The van der Waals surface area contributed by atoms with Crippen molar-refractivity contribution < 1.29 is 46.6 Å². The van der Waals surface area contributed by atoms with Gasteiger partial charge < -0.3 is 30.1 Å². The van der Waals surface area contributed by atoms with E-state index in [1.807, 2.05) is 19.1 Å². The van der Waals surface area contributed by atoms with Crippen molar-refractivity contribution in [3.8, 4) is 11.6 Å². The van der Waals surface area contributed by atoms with Gasteiger partial charge in [-0.15, -0.1) is 0 Å². The number of ether oxygens (including phenoxy) is 2. The molecule has 16 heteroatoms. The number of aromatic nitrogens is 1. The van der Waals surface area contributed by atoms with Gasteiger partial charge in [0.2, 0.25) is 27.7 Å². The molecule has 3 fully saturated rings. The van der Waals surface area contributed by atoms with Crippen LogP contribution in [0.25, 0.3) is 10.8 Å². The van der Waals surface area contributed by atoms with Gasteiger partial charge in [0.1, 0.15) is 35.3 Å². The average Bonchev–Trinajstić information content (AvgIpc) is 3.98. The van der Waals surface area contributed by atoms with Crippen LogP contribution in [0.4, 0.5) is 9.18 Å². The molecule has 1 aromatic carbocycles. The second kappa shape index (κ2) is 13.7. The summed E-state index contributed by atoms with van der Waals surface area (Å²) in [6, 6.07) is 1.67. The number of sulfonamides is 1. The van der Waals surface area contributed by atoms with Crippen LogP contribution in [-0.4, -0.2) is 89.9 Å². The number of nitrogens with zero attached hydrogens (tertiary/aromatic N) is 2. The largest absolute Gasteiger partial charge is 0.496 e. The van der Waals surface area contributed by atoms with E-state index < -0.39 is 80.5 Å². The number of pyridine rings is 1. The summed E-state index contributed by atoms with van der Waals surface area (Å²) in [5.74, 6) is -3.33. The second-order valence-corrected chi connectivity index (χ2v) is 16.0. The third-order valence-corrected chi connectivity index (χ3v) is 12.0. The fraction of sp³-hybridized carbons (Fsp3) is 0.559. The molecule has 3 heterocycles. The van der Waals surface area contributed by atoms with Crippen LogP contribution in [-0.2, 0) is 24.4 Å². The van der Waals surface area contributed by atoms with Crippen molar-refractivity contribution in [3.05, 3.63) is 42.4 Å². The summed E-state index contributed by atoms with van der Waals surface area (Å²) in [5.41, 5.74) is -1.56. The minimum absolute atomic E-state index is 0.0387. The molecule has 2 aliphatic heterocycles. The van der Waals surface area contributed by atoms with E-state index in [0.717, 1.165) is 6.42 Å². The maximum absolute atomic E-state index is 14.5. The van der Waals surface area contributed by atoms with Gasteiger partial charge in [-0.2, -0.15) is 0 Å². The molecule has 0 unspecified atom stereocenters. The highest BCUT2D eigenvalue weighted by atomic mass is 32.2. The first kappa shape index (κ1) is 35.4. The van der Waals surface area contributed by atoms with E-state index >= 15 is 0 Å². The molecule has 2 saturated carbocycles. The molecule has 0 radical (unpaired) electrons. The van der Waals surface area contributed by atoms with Crippen LogP contribution in [0.15, 0.2) is 36.5 Å². The van der Waals surface area contributed by atoms with Gasteiger partial charge in [0.15, 0.2) is 0 Å². The van der Waals surface area contributed by atoms with Crippen LogP contribution in [0, 0.1) is 23.6 Å². The molecule has 4 amide bonds. The summed E-state index contributed by atoms with van der Waals surface area (Å²) >= 11 is 0. The van der Waals surface area contributed by atoms with Gasteiger partial charge in [0.25, 0.3) is 5.91 Å². The lowest BCUT2D eigenvalue weighted by atomic mass is 9.88. The molecule has 2 aliphatic carbocycles. The molecular formula is C34H42FN5O9S. The first-order valence-electron chi connectivity index (χ1n) is 16.9. The van der Waals surface area contributed by atoms with Crippen molar-refractivity contribution in [2.45, 2.75) is 87.8 Å². The number of hydrogen-bond donors (Lipinski definition) is 4. The van der Waals surface area contributed by atoms with Crippen LogP contribution in [0.2, 0.25) is 0 Å². The number of methoxy groups -OCH3 is 1. The van der Waals surface area contributed by atoms with Gasteiger partial charge >= 0.3 is 6.09 Å². The Morgan fingerprint density at radius 3 is 2.60 bits per heavy atom. The van der Waals surface area contributed by atoms with Gasteiger partial charge in [-0.1, -0.05) is 26.0 Å². The summed E-state index contributed by atoms with van der Waals surface area (Å²) in [5, 5.41) is 15.0. The van der Waals surface area contributed by atoms with Crippen molar-refractivity contribution in [2.75, 3.05) is 13.7 Å². The molecule has 1 saturated heterocycles. The number of fused-ring (bicyclic) bond motifs is 3. The number of halogens is 1. The summed E-state index contributed by atoms with van der Waals surface area (Å²) in [6.45, 7) is 3.63. The minimum atomic E-state index is -3.92. The number of carbonyl (C=O) groups excluding carboxylic acids is 3. The first-order valence-corrected chi connectivity index (χ1v) is 18.4. The van der Waals surface area contributed by atoms with Gasteiger partial charge in [0, 0.05) is 30.0 Å². The summed E-state index contributed by atoms with van der Waals surface area (Å²) in [7, 11) is -2.52. The summed E-state index contributed by atoms with van der Waals surface area (Å²) in [6.07, 6.45) is 5.75. The monoisotopic (exact) mass is 715 g/mol. The molecule has 270 valence electrons. The van der Waals surface area contributed by atoms with E-state index in [1.54, 1.807) is 13.0 Å². The van der Waals surface area contributed by atoms with Crippen LogP contribution < -0.4 is 24.8 Å². The number of allylic oxidation sites excluding steroid dienone is 1. The average molecular weight is 716 g/mol. The summed E-state index contributed by atoms with van der Waals surface area (Å²) in [4.78, 5) is 59.6. The van der Waals surface area contributed by atoms with E-state index in [2.05, 4.69) is 20.3 Å². The van der Waals surface area contributed by atoms with Crippen molar-refractivity contribution in [3.63, 3.8) is 0 Å². The highest BCUT2D eigenvalue weighted by Gasteiger charge is 2.62. The maximum Gasteiger partial charge on any atom is 0.405 e. The van der Waals surface area contributed by atoms with Crippen LogP contribution >= 0.6 is 0 Å². The second-order valence-electron chi connectivity index (χ2n) is 14.0. The molecule has 0 bridgehead atoms. The fourth-order valence-electron chi connectivity index (χ4n) is 7.24. The van der Waals surface area contributed by atoms with Gasteiger partial charge in [-0.05, 0) is 62.5 Å². The van der Waals surface area contributed by atoms with E-state index in [-0.39, 0.29) is 36.9 Å². The normalized spacial score (nSPS) is 30.3. The number of carbonyl (C=O) groups is 4. The third-order valence-electron chi connectivity index (χ3n) is 10.2. The molecule has 4 aliphatic rings. The Hall–Kier alpha value is -4.47. The molecule has 7 atom stereocenters. The molecule has 0 spiro atoms. The van der Waals surface area contributed by atoms with Crippen molar-refractivity contribution in [1.82, 2.24) is 25.2 Å². The predicted molar refractivity (Wildman–Crippen MR) is 178 cm³/mol. The molecule has 2 aromatic rings. The number of rotatable bonds is 7. The quantitative estimate of drug-likeness (QED) is 0.310. The fourth-order valence-corrected chi connectivity index (χ4v) is 8.61. The Morgan fingerprint density at radius 1 is 1.14 bits per heavy atom. The molecular weight excluding hydrogens is 673 g/mol. The van der Waals surface area contributed by atoms with Crippen molar-refractivity contribution in [1.29, 1.82) is 0 Å². The Balaban J connectivity index is 1.35. The minimum Gasteiger partial charge on any atom is -0.496 e. The van der Waals surface area contributed by atoms with Gasteiger partial charge in [-0.3, -0.25) is 19.1 Å². The maximum atomic E-state index is 14.5. The van der Waals surface area contributed by atoms with E-state index in [9.17, 15) is 37.1 Å². The van der Waals surface area contributed by atoms with Crippen LogP contribution in [0.5, 0.6) is 11.6 Å². The van der Waals surface area contributed by atoms with Gasteiger partial charge in [0.05, 0.1) is 24.3 Å². The zero-order valence-corrected chi connectivity index (χ0v) is 28.9. The number of nitrogens with one attached hydrogen (secondary N) is 3. The zero-order valence-electron chi connectivity index (χ0n) is 28.1. The molecule has 1 aromatic heterocycles. The Kier molecular flexibility index (Phi) is 9.68. The summed E-state index contributed by atoms with van der Waals surface area (Å²) < 4.78 is 53.8. The first-order chi connectivity index (χ1) is 23.7. The van der Waals surface area contributed by atoms with Gasteiger partial charge in [-0.25, -0.2) is 22.6 Å². The Bertz CT molecular complexity index is 1840. The molecule has 14 nitrogen and oxygen atoms in total. The SMILES string of the molecule is COc1cc(F)cc2c(O[C@@H]3C[C@H]4C(=O)N[C@]5(C(=O)NS(=O)(=O)C6CC6)C[C@H]5C=CCC[C@H](C)C[C@@H](C)[C@H](NC(=O)O)C(=O)N4C3)nccc12. The van der Waals surface area contributed by atoms with E-state index in [4.69, 9.17) is 9.47 Å². The van der Waals surface area contributed by atoms with Crippen molar-refractivity contribution >= 4 is 44.6 Å². The van der Waals surface area contributed by atoms with E-state index in [0.29, 0.717) is 36.5 Å². The number of carboxylic acid groups (broad SMARTS) is 1. The molecule has 4 N–H and O–H groups in total. The lowest BCUT2D eigenvalue weighted by molar-refractivity contribution is -0.142. The lowest BCUT2D eigenvalue weighted by Crippen LogP contribution is -2.59. The topological polar surface area (TPSA) is 193 Å². The number of hydrogen-bond acceptors (Lipinski definition) is 9. The molecule has 50 heavy (non-hydrogen) atoms. The smallest absolute Gasteiger partial charge is 0.405 e. The Morgan fingerprint density at radius 2 is 1.90 bits per heavy atom. The van der Waals surface area contributed by atoms with Crippen molar-refractivity contribution in [2.24, 2.45) is 17.8 Å². The standard InChI is InChI=1S/C34H42FN5O9S/c1-18-6-4-5-7-20-16-34(20,32(43)39-50(46,47)23-8-9-23)38-29(41)26-15-22(17-40(26)31(42)28(19(2)12-18)37-33(44)45)49-30-25-13-21(35)14-27(48-3)24(25)10-11-36-30/h5,7,10-11,13-14,18-20,22-23,26,28,37H,4,6,8-9,12,15-17H2,1-3H3,(H,38,41)(H,39,43)(H,44,45)/t18-,19+,20+,22+,26-,28-,34+/m0/s1. The Labute approximate surface area is 289 Å². The van der Waals surface area contributed by atoms with E-state index in [1.165, 1.54) is 30.3 Å². The highest BCUT2D eigenvalue weighted by molar-refractivity contribution is 7.91. The van der Waals surface area contributed by atoms with Crippen LogP contribution in [0.3, 0.4) is 0 Å². The predicted octanol–water partition coefficient (Wildman–Crippen LogP) is 2.86. The third kappa shape index (κ3) is 7.21. The van der Waals surface area contributed by atoms with Crippen LogP contribution in [0.1, 0.15) is 58.8 Å². The number of amides is 4. The molecule has 6 rings (SSSR count). The highest BCUT2D eigenvalue weighted by Crippen LogP contribution is 2.46.